The van der Waals surface area contributed by atoms with E-state index in [2.05, 4.69) is 13.8 Å². The standard InChI is InChI=1S/C33H44O6/c1-20(34)24-12-13-25-29-26(39-31(36)21-9-5-4-6-10-21)18-22-17-23(35)14-15-32(22,2)30(29)27(19-33(24,25)3)38-28-11-7-8-16-37-28/h4-6,9-10,22,24-30H,7-8,11-19H2,1-3H3/t22-,24+,25-,26+,27+,28+,29+,30-,32-,33+/m0/s1. The van der Waals surface area contributed by atoms with Crippen LogP contribution in [0.2, 0.25) is 0 Å². The molecule has 0 bridgehead atoms. The fourth-order valence-corrected chi connectivity index (χ4v) is 9.78. The molecule has 212 valence electrons. The SMILES string of the molecule is CC(=O)[C@H]1CC[C@H]2[C@H]3[C@H]([C@H](O[C@@H]4CCCCO4)C[C@]12C)[C@@]1(C)CCC(=O)C[C@H]1C[C@H]3OC(=O)c1ccccc1. The van der Waals surface area contributed by atoms with E-state index in [0.717, 1.165) is 44.9 Å². The summed E-state index contributed by atoms with van der Waals surface area (Å²) in [7, 11) is 0. The Morgan fingerprint density at radius 1 is 1.00 bits per heavy atom. The zero-order valence-corrected chi connectivity index (χ0v) is 23.7. The van der Waals surface area contributed by atoms with Crippen molar-refractivity contribution in [1.82, 2.24) is 0 Å². The van der Waals surface area contributed by atoms with Gasteiger partial charge < -0.3 is 14.2 Å². The van der Waals surface area contributed by atoms with Gasteiger partial charge in [-0.2, -0.15) is 0 Å². The maximum absolute atomic E-state index is 13.4. The van der Waals surface area contributed by atoms with Gasteiger partial charge in [-0.3, -0.25) is 9.59 Å². The molecule has 5 aliphatic rings. The fraction of sp³-hybridized carbons (Fsp3) is 0.727. The van der Waals surface area contributed by atoms with Gasteiger partial charge in [0.2, 0.25) is 0 Å². The van der Waals surface area contributed by atoms with Crippen LogP contribution in [0.25, 0.3) is 0 Å². The maximum Gasteiger partial charge on any atom is 0.338 e. The third-order valence-electron chi connectivity index (χ3n) is 11.6. The lowest BCUT2D eigenvalue weighted by Gasteiger charge is -2.64. The quantitative estimate of drug-likeness (QED) is 0.420. The van der Waals surface area contributed by atoms with Gasteiger partial charge in [0, 0.05) is 31.3 Å². The highest BCUT2D eigenvalue weighted by molar-refractivity contribution is 5.89. The van der Waals surface area contributed by atoms with Gasteiger partial charge in [-0.15, -0.1) is 0 Å². The monoisotopic (exact) mass is 536 g/mol. The molecule has 10 atom stereocenters. The van der Waals surface area contributed by atoms with Crippen LogP contribution >= 0.6 is 0 Å². The largest absolute Gasteiger partial charge is 0.458 e. The van der Waals surface area contributed by atoms with E-state index in [1.807, 2.05) is 18.2 Å². The Bertz CT molecular complexity index is 1090. The Balaban J connectivity index is 1.41. The van der Waals surface area contributed by atoms with Crippen molar-refractivity contribution in [3.05, 3.63) is 35.9 Å². The molecule has 6 heteroatoms. The van der Waals surface area contributed by atoms with Crippen LogP contribution in [0.5, 0.6) is 0 Å². The minimum Gasteiger partial charge on any atom is -0.458 e. The predicted octanol–water partition coefficient (Wildman–Crippen LogP) is 6.16. The normalized spacial score (nSPS) is 43.6. The van der Waals surface area contributed by atoms with Crippen molar-refractivity contribution < 1.29 is 28.6 Å². The number of carbonyl (C=O) groups is 3. The summed E-state index contributed by atoms with van der Waals surface area (Å²) in [4.78, 5) is 39.1. The highest BCUT2D eigenvalue weighted by atomic mass is 16.7. The van der Waals surface area contributed by atoms with Crippen LogP contribution in [0, 0.1) is 40.4 Å². The van der Waals surface area contributed by atoms with Crippen molar-refractivity contribution in [2.75, 3.05) is 6.61 Å². The maximum atomic E-state index is 13.4. The molecule has 1 saturated heterocycles. The third kappa shape index (κ3) is 4.69. The molecule has 0 spiro atoms. The summed E-state index contributed by atoms with van der Waals surface area (Å²) in [6, 6.07) is 9.22. The molecule has 4 aliphatic carbocycles. The molecule has 0 radical (unpaired) electrons. The molecule has 1 aliphatic heterocycles. The van der Waals surface area contributed by atoms with E-state index in [0.29, 0.717) is 37.2 Å². The molecule has 4 saturated carbocycles. The van der Waals surface area contributed by atoms with Crippen molar-refractivity contribution in [2.45, 2.75) is 103 Å². The highest BCUT2D eigenvalue weighted by Gasteiger charge is 2.67. The first-order valence-corrected chi connectivity index (χ1v) is 15.3. The van der Waals surface area contributed by atoms with Crippen molar-refractivity contribution in [3.8, 4) is 0 Å². The van der Waals surface area contributed by atoms with Crippen LogP contribution in [0.15, 0.2) is 30.3 Å². The van der Waals surface area contributed by atoms with Gasteiger partial charge in [-0.1, -0.05) is 32.0 Å². The smallest absolute Gasteiger partial charge is 0.338 e. The second-order valence-corrected chi connectivity index (χ2v) is 13.6. The van der Waals surface area contributed by atoms with Gasteiger partial charge in [0.25, 0.3) is 0 Å². The molecule has 5 fully saturated rings. The fourth-order valence-electron chi connectivity index (χ4n) is 9.78. The minimum atomic E-state index is -0.305. The van der Waals surface area contributed by atoms with Crippen LogP contribution in [0.3, 0.4) is 0 Å². The van der Waals surface area contributed by atoms with Gasteiger partial charge in [0.1, 0.15) is 17.7 Å². The Morgan fingerprint density at radius 3 is 2.51 bits per heavy atom. The van der Waals surface area contributed by atoms with Gasteiger partial charge in [0.15, 0.2) is 6.29 Å². The second-order valence-electron chi connectivity index (χ2n) is 13.6. The molecule has 0 N–H and O–H groups in total. The molecule has 6 rings (SSSR count). The van der Waals surface area contributed by atoms with E-state index >= 15 is 0 Å². The van der Waals surface area contributed by atoms with Crippen LogP contribution in [-0.4, -0.2) is 42.6 Å². The van der Waals surface area contributed by atoms with E-state index in [-0.39, 0.29) is 70.7 Å². The topological polar surface area (TPSA) is 78.9 Å². The summed E-state index contributed by atoms with van der Waals surface area (Å²) in [6.45, 7) is 7.12. The summed E-state index contributed by atoms with van der Waals surface area (Å²) in [5.41, 5.74) is 0.262. The van der Waals surface area contributed by atoms with Crippen molar-refractivity contribution >= 4 is 17.5 Å². The van der Waals surface area contributed by atoms with Crippen LogP contribution in [-0.2, 0) is 23.8 Å². The lowest BCUT2D eigenvalue weighted by molar-refractivity contribution is -0.265. The molecule has 0 aromatic heterocycles. The molecule has 1 heterocycles. The van der Waals surface area contributed by atoms with Crippen LogP contribution in [0.1, 0.15) is 95.3 Å². The summed E-state index contributed by atoms with van der Waals surface area (Å²) < 4.78 is 19.5. The predicted molar refractivity (Wildman–Crippen MR) is 146 cm³/mol. The molecule has 39 heavy (non-hydrogen) atoms. The number of hydrogen-bond acceptors (Lipinski definition) is 6. The first-order chi connectivity index (χ1) is 18.7. The summed E-state index contributed by atoms with van der Waals surface area (Å²) in [5.74, 6) is 0.921. The number of esters is 1. The van der Waals surface area contributed by atoms with E-state index in [1.165, 1.54) is 0 Å². The van der Waals surface area contributed by atoms with E-state index in [4.69, 9.17) is 14.2 Å². The third-order valence-corrected chi connectivity index (χ3v) is 11.6. The number of hydrogen-bond donors (Lipinski definition) is 0. The minimum absolute atomic E-state index is 0.00855. The Labute approximate surface area is 232 Å². The van der Waals surface area contributed by atoms with Crippen molar-refractivity contribution in [2.24, 2.45) is 40.4 Å². The first-order valence-electron chi connectivity index (χ1n) is 15.3. The zero-order valence-electron chi connectivity index (χ0n) is 23.7. The molecule has 0 unspecified atom stereocenters. The van der Waals surface area contributed by atoms with Crippen LogP contribution in [0.4, 0.5) is 0 Å². The van der Waals surface area contributed by atoms with E-state index in [1.54, 1.807) is 19.1 Å². The van der Waals surface area contributed by atoms with Crippen molar-refractivity contribution in [1.29, 1.82) is 0 Å². The average Bonchev–Trinajstić information content (AvgIpc) is 3.27. The molecule has 0 amide bonds. The van der Waals surface area contributed by atoms with E-state index in [9.17, 15) is 14.4 Å². The number of rotatable bonds is 5. The van der Waals surface area contributed by atoms with Gasteiger partial charge in [-0.05, 0) is 99.0 Å². The molecule has 1 aromatic carbocycles. The summed E-state index contributed by atoms with van der Waals surface area (Å²) in [6.07, 6.45) is 7.76. The molecule has 6 nitrogen and oxygen atoms in total. The lowest BCUT2D eigenvalue weighted by Crippen LogP contribution is -2.64. The molecule has 1 aromatic rings. The van der Waals surface area contributed by atoms with Gasteiger partial charge in [-0.25, -0.2) is 4.79 Å². The van der Waals surface area contributed by atoms with Gasteiger partial charge in [0.05, 0.1) is 11.7 Å². The first kappa shape index (κ1) is 27.1. The number of fused-ring (bicyclic) bond motifs is 5. The van der Waals surface area contributed by atoms with E-state index < -0.39 is 0 Å². The summed E-state index contributed by atoms with van der Waals surface area (Å²) >= 11 is 0. The molecular weight excluding hydrogens is 492 g/mol. The molecular formula is C33H44O6. The lowest BCUT2D eigenvalue weighted by atomic mass is 9.43. The van der Waals surface area contributed by atoms with Crippen molar-refractivity contribution in [3.63, 3.8) is 0 Å². The Morgan fingerprint density at radius 2 is 1.79 bits per heavy atom. The Hall–Kier alpha value is -2.05. The Kier molecular flexibility index (Phi) is 7.24. The highest BCUT2D eigenvalue weighted by Crippen LogP contribution is 2.68. The number of Topliss-reactive ketones (excluding diaryl/α,β-unsaturated/α-hetero) is 2. The van der Waals surface area contributed by atoms with Crippen LogP contribution < -0.4 is 0 Å². The number of ether oxygens (including phenoxy) is 3. The average molecular weight is 537 g/mol. The number of carbonyl (C=O) groups excluding carboxylic acids is 3. The number of benzene rings is 1. The number of ketones is 2. The van der Waals surface area contributed by atoms with Gasteiger partial charge >= 0.3 is 5.97 Å². The summed E-state index contributed by atoms with van der Waals surface area (Å²) in [5, 5.41) is 0. The zero-order chi connectivity index (χ0) is 27.4. The second kappa shape index (κ2) is 10.4.